The Balaban J connectivity index is 2.53. The molecule has 1 aliphatic heterocycles. The van der Waals surface area contributed by atoms with E-state index in [1.165, 1.54) is 0 Å². The summed E-state index contributed by atoms with van der Waals surface area (Å²) in [6.45, 7) is 3.56. The number of rotatable bonds is 5. The quantitative estimate of drug-likeness (QED) is 0.765. The average Bonchev–Trinajstić information content (AvgIpc) is 2.21. The minimum Gasteiger partial charge on any atom is -0.481 e. The lowest BCUT2D eigenvalue weighted by Crippen LogP contribution is -2.44. The molecule has 1 N–H and O–H groups in total. The summed E-state index contributed by atoms with van der Waals surface area (Å²) in [5.41, 5.74) is -0.540. The fourth-order valence-corrected chi connectivity index (χ4v) is 2.37. The Labute approximate surface area is 90.3 Å². The Bertz CT molecular complexity index is 213. The van der Waals surface area contributed by atoms with E-state index in [-0.39, 0.29) is 6.67 Å². The Hall–Kier alpha value is -0.640. The Morgan fingerprint density at radius 2 is 2.07 bits per heavy atom. The molecular formula is C11H20FNO2. The third kappa shape index (κ3) is 2.91. The highest BCUT2D eigenvalue weighted by Gasteiger charge is 2.40. The molecule has 1 heterocycles. The van der Waals surface area contributed by atoms with Crippen molar-refractivity contribution in [3.05, 3.63) is 0 Å². The van der Waals surface area contributed by atoms with Gasteiger partial charge in [-0.15, -0.1) is 0 Å². The number of carboxylic acids is 1. The molecule has 1 saturated heterocycles. The van der Waals surface area contributed by atoms with Gasteiger partial charge in [0, 0.05) is 6.54 Å². The van der Waals surface area contributed by atoms with Crippen LogP contribution < -0.4 is 0 Å². The summed E-state index contributed by atoms with van der Waals surface area (Å²) in [6, 6.07) is 0. The molecular weight excluding hydrogens is 197 g/mol. The average molecular weight is 217 g/mol. The van der Waals surface area contributed by atoms with Gasteiger partial charge in [0.05, 0.1) is 5.41 Å². The second kappa shape index (κ2) is 5.45. The summed E-state index contributed by atoms with van der Waals surface area (Å²) in [7, 11) is 0. The van der Waals surface area contributed by atoms with Crippen molar-refractivity contribution in [2.75, 3.05) is 26.3 Å². The number of hydrogen-bond donors (Lipinski definition) is 1. The van der Waals surface area contributed by atoms with Crippen molar-refractivity contribution in [2.24, 2.45) is 5.41 Å². The van der Waals surface area contributed by atoms with Gasteiger partial charge < -0.3 is 10.0 Å². The van der Waals surface area contributed by atoms with Crippen LogP contribution in [0.5, 0.6) is 0 Å². The maximum Gasteiger partial charge on any atom is 0.309 e. The summed E-state index contributed by atoms with van der Waals surface area (Å²) in [5.74, 6) is -0.677. The number of carboxylic acid groups (broad SMARTS) is 1. The Morgan fingerprint density at radius 1 is 1.47 bits per heavy atom. The zero-order valence-corrected chi connectivity index (χ0v) is 9.34. The lowest BCUT2D eigenvalue weighted by Gasteiger charge is -2.38. The molecule has 3 nitrogen and oxygen atoms in total. The van der Waals surface area contributed by atoms with Crippen LogP contribution in [0.3, 0.4) is 0 Å². The fraction of sp³-hybridized carbons (Fsp3) is 0.909. The van der Waals surface area contributed by atoms with E-state index in [1.54, 1.807) is 0 Å². The molecule has 0 aromatic heterocycles. The first-order valence-corrected chi connectivity index (χ1v) is 5.66. The molecule has 0 radical (unpaired) electrons. The highest BCUT2D eigenvalue weighted by Crippen LogP contribution is 2.36. The summed E-state index contributed by atoms with van der Waals surface area (Å²) in [6.07, 6.45) is 2.97. The molecule has 1 rings (SSSR count). The first kappa shape index (κ1) is 12.4. The number of alkyl halides is 1. The summed E-state index contributed by atoms with van der Waals surface area (Å²) >= 11 is 0. The van der Waals surface area contributed by atoms with Gasteiger partial charge in [0.2, 0.25) is 0 Å². The predicted octanol–water partition coefficient (Wildman–Crippen LogP) is 1.92. The van der Waals surface area contributed by atoms with Crippen LogP contribution in [0.1, 0.15) is 32.6 Å². The van der Waals surface area contributed by atoms with E-state index in [1.807, 2.05) is 11.8 Å². The number of carbonyl (C=O) groups is 1. The van der Waals surface area contributed by atoms with Crippen LogP contribution in [0, 0.1) is 5.41 Å². The SMILES string of the molecule is CCCC1(C(=O)O)CCN(CCF)CC1. The van der Waals surface area contributed by atoms with Crippen molar-refractivity contribution in [3.8, 4) is 0 Å². The van der Waals surface area contributed by atoms with Crippen molar-refractivity contribution >= 4 is 5.97 Å². The van der Waals surface area contributed by atoms with Gasteiger partial charge in [-0.2, -0.15) is 0 Å². The van der Waals surface area contributed by atoms with Gasteiger partial charge in [-0.1, -0.05) is 13.3 Å². The van der Waals surface area contributed by atoms with Crippen LogP contribution in [0.25, 0.3) is 0 Å². The molecule has 0 amide bonds. The van der Waals surface area contributed by atoms with E-state index >= 15 is 0 Å². The number of likely N-dealkylation sites (tertiary alicyclic amines) is 1. The van der Waals surface area contributed by atoms with E-state index in [0.29, 0.717) is 19.4 Å². The minimum atomic E-state index is -0.677. The van der Waals surface area contributed by atoms with Gasteiger partial charge in [-0.05, 0) is 32.4 Å². The smallest absolute Gasteiger partial charge is 0.309 e. The molecule has 0 atom stereocenters. The van der Waals surface area contributed by atoms with Crippen LogP contribution in [-0.4, -0.2) is 42.3 Å². The summed E-state index contributed by atoms with van der Waals surface area (Å²) < 4.78 is 12.1. The van der Waals surface area contributed by atoms with Crippen LogP contribution in [0.2, 0.25) is 0 Å². The van der Waals surface area contributed by atoms with Crippen molar-refractivity contribution < 1.29 is 14.3 Å². The molecule has 0 bridgehead atoms. The van der Waals surface area contributed by atoms with Crippen molar-refractivity contribution in [1.29, 1.82) is 0 Å². The van der Waals surface area contributed by atoms with Crippen molar-refractivity contribution in [3.63, 3.8) is 0 Å². The monoisotopic (exact) mass is 217 g/mol. The molecule has 1 fully saturated rings. The first-order valence-electron chi connectivity index (χ1n) is 5.66. The molecule has 0 aromatic carbocycles. The second-order valence-electron chi connectivity index (χ2n) is 4.37. The van der Waals surface area contributed by atoms with E-state index < -0.39 is 11.4 Å². The molecule has 1 aliphatic rings. The van der Waals surface area contributed by atoms with Crippen LogP contribution in [0.4, 0.5) is 4.39 Å². The van der Waals surface area contributed by atoms with Crippen LogP contribution >= 0.6 is 0 Å². The van der Waals surface area contributed by atoms with Crippen molar-refractivity contribution in [1.82, 2.24) is 4.90 Å². The lowest BCUT2D eigenvalue weighted by molar-refractivity contribution is -0.152. The second-order valence-corrected chi connectivity index (χ2v) is 4.37. The topological polar surface area (TPSA) is 40.5 Å². The highest BCUT2D eigenvalue weighted by molar-refractivity contribution is 5.74. The molecule has 0 spiro atoms. The third-order valence-corrected chi connectivity index (χ3v) is 3.40. The third-order valence-electron chi connectivity index (χ3n) is 3.40. The number of halogens is 1. The van der Waals surface area contributed by atoms with Gasteiger partial charge in [0.15, 0.2) is 0 Å². The highest BCUT2D eigenvalue weighted by atomic mass is 19.1. The lowest BCUT2D eigenvalue weighted by atomic mass is 9.75. The molecule has 88 valence electrons. The van der Waals surface area contributed by atoms with Gasteiger partial charge >= 0.3 is 5.97 Å². The maximum atomic E-state index is 12.1. The molecule has 0 aliphatic carbocycles. The molecule has 0 saturated carbocycles. The van der Waals surface area contributed by atoms with Gasteiger partial charge in [0.1, 0.15) is 6.67 Å². The minimum absolute atomic E-state index is 0.339. The zero-order chi connectivity index (χ0) is 11.3. The van der Waals surface area contributed by atoms with Gasteiger partial charge in [-0.25, -0.2) is 4.39 Å². The predicted molar refractivity (Wildman–Crippen MR) is 56.6 cm³/mol. The number of hydrogen-bond acceptors (Lipinski definition) is 2. The summed E-state index contributed by atoms with van der Waals surface area (Å²) in [5, 5.41) is 9.24. The number of piperidine rings is 1. The molecule has 4 heteroatoms. The summed E-state index contributed by atoms with van der Waals surface area (Å²) in [4.78, 5) is 13.2. The molecule has 0 unspecified atom stereocenters. The maximum absolute atomic E-state index is 12.1. The zero-order valence-electron chi connectivity index (χ0n) is 9.34. The standard InChI is InChI=1S/C11H20FNO2/c1-2-3-11(10(14)15)4-7-13(8-5-11)9-6-12/h2-9H2,1H3,(H,14,15). The molecule has 0 aromatic rings. The fourth-order valence-electron chi connectivity index (χ4n) is 2.37. The Morgan fingerprint density at radius 3 is 2.47 bits per heavy atom. The van der Waals surface area contributed by atoms with Gasteiger partial charge in [-0.3, -0.25) is 4.79 Å². The van der Waals surface area contributed by atoms with Crippen molar-refractivity contribution in [2.45, 2.75) is 32.6 Å². The number of nitrogens with zero attached hydrogens (tertiary/aromatic N) is 1. The van der Waals surface area contributed by atoms with E-state index in [4.69, 9.17) is 0 Å². The first-order chi connectivity index (χ1) is 7.14. The van der Waals surface area contributed by atoms with Crippen LogP contribution in [-0.2, 0) is 4.79 Å². The van der Waals surface area contributed by atoms with Crippen LogP contribution in [0.15, 0.2) is 0 Å². The normalized spacial score (nSPS) is 21.5. The molecule has 15 heavy (non-hydrogen) atoms. The van der Waals surface area contributed by atoms with E-state index in [0.717, 1.165) is 25.9 Å². The van der Waals surface area contributed by atoms with E-state index in [9.17, 15) is 14.3 Å². The van der Waals surface area contributed by atoms with E-state index in [2.05, 4.69) is 0 Å². The number of aliphatic carboxylic acids is 1. The van der Waals surface area contributed by atoms with Gasteiger partial charge in [0.25, 0.3) is 0 Å². The largest absolute Gasteiger partial charge is 0.481 e. The Kier molecular flexibility index (Phi) is 4.51.